The van der Waals surface area contributed by atoms with Gasteiger partial charge in [0.05, 0.1) is 24.7 Å². The zero-order valence-electron chi connectivity index (χ0n) is 18.1. The number of rotatable bonds is 8. The molecule has 0 saturated carbocycles. The number of nitro groups is 1. The fraction of sp³-hybridized carbons (Fsp3) is 0.409. The minimum atomic E-state index is -0.588. The number of carbonyl (C=O) groups is 1. The highest BCUT2D eigenvalue weighted by Crippen LogP contribution is 2.35. The Morgan fingerprint density at radius 3 is 2.52 bits per heavy atom. The van der Waals surface area contributed by atoms with Crippen molar-refractivity contribution in [3.8, 4) is 11.5 Å². The number of amides is 1. The molecule has 0 bridgehead atoms. The highest BCUT2D eigenvalue weighted by molar-refractivity contribution is 5.99. The molecule has 1 N–H and O–H groups in total. The lowest BCUT2D eigenvalue weighted by molar-refractivity contribution is -0.385. The number of nitrogens with zero attached hydrogens (tertiary/aromatic N) is 3. The van der Waals surface area contributed by atoms with Crippen molar-refractivity contribution < 1.29 is 19.2 Å². The van der Waals surface area contributed by atoms with Gasteiger partial charge in [0.25, 0.3) is 11.6 Å². The predicted molar refractivity (Wildman–Crippen MR) is 118 cm³/mol. The van der Waals surface area contributed by atoms with Crippen LogP contribution in [0.2, 0.25) is 0 Å². The van der Waals surface area contributed by atoms with Gasteiger partial charge in [0, 0.05) is 44.5 Å². The molecule has 9 nitrogen and oxygen atoms in total. The molecule has 1 amide bonds. The topological polar surface area (TPSA) is 97.2 Å². The molecule has 166 valence electrons. The summed E-state index contributed by atoms with van der Waals surface area (Å²) < 4.78 is 10.7. The van der Waals surface area contributed by atoms with Gasteiger partial charge in [-0.2, -0.15) is 0 Å². The van der Waals surface area contributed by atoms with E-state index >= 15 is 0 Å². The van der Waals surface area contributed by atoms with E-state index in [4.69, 9.17) is 9.47 Å². The van der Waals surface area contributed by atoms with Crippen LogP contribution in [0.5, 0.6) is 11.5 Å². The molecule has 1 aliphatic rings. The molecule has 0 aliphatic carbocycles. The number of ether oxygens (including phenoxy) is 2. The van der Waals surface area contributed by atoms with Gasteiger partial charge in [0.15, 0.2) is 11.5 Å². The maximum atomic E-state index is 12.9. The van der Waals surface area contributed by atoms with Crippen LogP contribution >= 0.6 is 0 Å². The van der Waals surface area contributed by atoms with Crippen molar-refractivity contribution in [2.75, 3.05) is 51.8 Å². The van der Waals surface area contributed by atoms with Crippen molar-refractivity contribution in [2.45, 2.75) is 13.5 Å². The summed E-state index contributed by atoms with van der Waals surface area (Å²) in [7, 11) is 3.53. The van der Waals surface area contributed by atoms with Gasteiger partial charge in [-0.15, -0.1) is 0 Å². The van der Waals surface area contributed by atoms with E-state index in [1.807, 2.05) is 24.3 Å². The van der Waals surface area contributed by atoms with Gasteiger partial charge in [-0.3, -0.25) is 14.9 Å². The second kappa shape index (κ2) is 10.1. The number of nitro benzene ring substituents is 1. The second-order valence-electron chi connectivity index (χ2n) is 7.31. The average Bonchev–Trinajstić information content (AvgIpc) is 2.78. The Bertz CT molecular complexity index is 941. The van der Waals surface area contributed by atoms with E-state index in [0.29, 0.717) is 6.61 Å². The Balaban J connectivity index is 1.81. The molecule has 31 heavy (non-hydrogen) atoms. The lowest BCUT2D eigenvalue weighted by atomic mass is 10.1. The number of hydrogen-bond acceptors (Lipinski definition) is 7. The quantitative estimate of drug-likeness (QED) is 0.510. The van der Waals surface area contributed by atoms with Gasteiger partial charge in [0.2, 0.25) is 0 Å². The Hall–Kier alpha value is -3.33. The molecule has 3 rings (SSSR count). The Kier molecular flexibility index (Phi) is 7.30. The van der Waals surface area contributed by atoms with Crippen LogP contribution in [0.1, 0.15) is 22.8 Å². The number of piperazine rings is 1. The van der Waals surface area contributed by atoms with Crippen molar-refractivity contribution in [1.29, 1.82) is 0 Å². The molecule has 2 aromatic carbocycles. The van der Waals surface area contributed by atoms with E-state index in [9.17, 15) is 14.9 Å². The Morgan fingerprint density at radius 2 is 1.87 bits per heavy atom. The number of methoxy groups -OCH3 is 1. The first-order chi connectivity index (χ1) is 14.9. The van der Waals surface area contributed by atoms with Crippen molar-refractivity contribution in [3.05, 3.63) is 57.6 Å². The maximum absolute atomic E-state index is 12.9. The van der Waals surface area contributed by atoms with E-state index in [2.05, 4.69) is 22.2 Å². The zero-order valence-corrected chi connectivity index (χ0v) is 18.1. The largest absolute Gasteiger partial charge is 0.493 e. The van der Waals surface area contributed by atoms with Crippen LogP contribution in [-0.4, -0.2) is 62.7 Å². The first-order valence-corrected chi connectivity index (χ1v) is 10.2. The molecule has 0 radical (unpaired) electrons. The summed E-state index contributed by atoms with van der Waals surface area (Å²) in [5, 5.41) is 14.4. The molecular weight excluding hydrogens is 400 g/mol. The van der Waals surface area contributed by atoms with Gasteiger partial charge < -0.3 is 24.6 Å². The minimum absolute atomic E-state index is 0.0672. The SMILES string of the molecule is CCOc1cc([N+](=O)[O-])c(C(=O)NCc2ccccc2N2CCN(C)CC2)cc1OC. The highest BCUT2D eigenvalue weighted by atomic mass is 16.6. The molecular formula is C22H28N4O5. The first kappa shape index (κ1) is 22.4. The first-order valence-electron chi connectivity index (χ1n) is 10.2. The Morgan fingerprint density at radius 1 is 1.16 bits per heavy atom. The summed E-state index contributed by atoms with van der Waals surface area (Å²) in [6.07, 6.45) is 0. The lowest BCUT2D eigenvalue weighted by Gasteiger charge is -2.35. The molecule has 0 atom stereocenters. The van der Waals surface area contributed by atoms with Crippen molar-refractivity contribution in [1.82, 2.24) is 10.2 Å². The van der Waals surface area contributed by atoms with Gasteiger partial charge >= 0.3 is 0 Å². The summed E-state index contributed by atoms with van der Waals surface area (Å²) in [4.78, 5) is 28.4. The van der Waals surface area contributed by atoms with Gasteiger partial charge in [-0.1, -0.05) is 18.2 Å². The number of nitrogens with one attached hydrogen (secondary N) is 1. The summed E-state index contributed by atoms with van der Waals surface area (Å²) in [5.74, 6) is -0.0367. The molecule has 0 spiro atoms. The van der Waals surface area contributed by atoms with Crippen LogP contribution < -0.4 is 19.7 Å². The van der Waals surface area contributed by atoms with Crippen LogP contribution in [0, 0.1) is 10.1 Å². The molecule has 1 heterocycles. The summed E-state index contributed by atoms with van der Waals surface area (Å²) >= 11 is 0. The highest BCUT2D eigenvalue weighted by Gasteiger charge is 2.25. The van der Waals surface area contributed by atoms with E-state index in [1.54, 1.807) is 6.92 Å². The van der Waals surface area contributed by atoms with E-state index in [-0.39, 0.29) is 29.3 Å². The van der Waals surface area contributed by atoms with Gasteiger partial charge in [-0.05, 0) is 25.6 Å². The molecule has 9 heteroatoms. The van der Waals surface area contributed by atoms with Crippen LogP contribution in [0.4, 0.5) is 11.4 Å². The van der Waals surface area contributed by atoms with Crippen LogP contribution in [-0.2, 0) is 6.54 Å². The van der Waals surface area contributed by atoms with Crippen LogP contribution in [0.3, 0.4) is 0 Å². The van der Waals surface area contributed by atoms with E-state index < -0.39 is 10.8 Å². The molecule has 2 aromatic rings. The fourth-order valence-corrected chi connectivity index (χ4v) is 3.60. The molecule has 1 saturated heterocycles. The number of likely N-dealkylation sites (N-methyl/N-ethyl adjacent to an activating group) is 1. The third kappa shape index (κ3) is 5.24. The summed E-state index contributed by atoms with van der Waals surface area (Å²) in [6, 6.07) is 10.5. The fourth-order valence-electron chi connectivity index (χ4n) is 3.60. The van der Waals surface area contributed by atoms with Crippen molar-refractivity contribution in [3.63, 3.8) is 0 Å². The molecule has 1 fully saturated rings. The third-order valence-electron chi connectivity index (χ3n) is 5.30. The third-order valence-corrected chi connectivity index (χ3v) is 5.30. The normalized spacial score (nSPS) is 14.2. The number of hydrogen-bond donors (Lipinski definition) is 1. The monoisotopic (exact) mass is 428 g/mol. The maximum Gasteiger partial charge on any atom is 0.286 e. The van der Waals surface area contributed by atoms with Crippen LogP contribution in [0.15, 0.2) is 36.4 Å². The zero-order chi connectivity index (χ0) is 22.4. The predicted octanol–water partition coefficient (Wildman–Crippen LogP) is 2.68. The van der Waals surface area contributed by atoms with E-state index in [0.717, 1.165) is 37.4 Å². The number of para-hydroxylation sites is 1. The van der Waals surface area contributed by atoms with Crippen molar-refractivity contribution >= 4 is 17.3 Å². The average molecular weight is 428 g/mol. The minimum Gasteiger partial charge on any atom is -0.493 e. The smallest absolute Gasteiger partial charge is 0.286 e. The van der Waals surface area contributed by atoms with Crippen molar-refractivity contribution in [2.24, 2.45) is 0 Å². The molecule has 0 aromatic heterocycles. The lowest BCUT2D eigenvalue weighted by Crippen LogP contribution is -2.45. The number of anilines is 1. The van der Waals surface area contributed by atoms with Gasteiger partial charge in [-0.25, -0.2) is 0 Å². The molecule has 1 aliphatic heterocycles. The Labute approximate surface area is 181 Å². The van der Waals surface area contributed by atoms with E-state index in [1.165, 1.54) is 19.2 Å². The standard InChI is InChI=1S/C22H28N4O5/c1-4-31-21-14-19(26(28)29)17(13-20(21)30-3)22(27)23-15-16-7-5-6-8-18(16)25-11-9-24(2)10-12-25/h5-8,13-14H,4,9-12,15H2,1-3H3,(H,23,27). The van der Waals surface area contributed by atoms with Crippen LogP contribution in [0.25, 0.3) is 0 Å². The molecule has 0 unspecified atom stereocenters. The summed E-state index contributed by atoms with van der Waals surface area (Å²) in [5.41, 5.74) is 1.63. The summed E-state index contributed by atoms with van der Waals surface area (Å²) in [6.45, 7) is 6.10. The number of carbonyl (C=O) groups excluding carboxylic acids is 1. The second-order valence-corrected chi connectivity index (χ2v) is 7.31. The number of benzene rings is 2. The van der Waals surface area contributed by atoms with Gasteiger partial charge in [0.1, 0.15) is 5.56 Å².